The van der Waals surface area contributed by atoms with Gasteiger partial charge in [-0.05, 0) is 37.5 Å². The van der Waals surface area contributed by atoms with E-state index < -0.39 is 0 Å². The van der Waals surface area contributed by atoms with Gasteiger partial charge >= 0.3 is 0 Å². The summed E-state index contributed by atoms with van der Waals surface area (Å²) in [4.78, 5) is 0. The normalized spacial score (nSPS) is 14.7. The van der Waals surface area contributed by atoms with Gasteiger partial charge in [-0.3, -0.25) is 5.10 Å². The van der Waals surface area contributed by atoms with Crippen molar-refractivity contribution in [1.29, 1.82) is 0 Å². The minimum Gasteiger partial charge on any atom is -0.494 e. The van der Waals surface area contributed by atoms with Crippen molar-refractivity contribution < 1.29 is 4.74 Å². The summed E-state index contributed by atoms with van der Waals surface area (Å²) in [7, 11) is 0. The van der Waals surface area contributed by atoms with E-state index in [0.29, 0.717) is 18.3 Å². The first-order valence-electron chi connectivity index (χ1n) is 6.36. The van der Waals surface area contributed by atoms with E-state index in [1.165, 1.54) is 18.5 Å². The van der Waals surface area contributed by atoms with Crippen LogP contribution in [0.5, 0.6) is 5.75 Å². The standard InChI is InChI=1S/C14H17N3O/c1-2-18-11-7-5-9(6-8-11)12-13(10-3-4-10)16-17-14(12)15/h5-8,10H,2-4H2,1H3,(H3,15,16,17). The lowest BCUT2D eigenvalue weighted by atomic mass is 10.0. The molecule has 3 N–H and O–H groups in total. The van der Waals surface area contributed by atoms with Crippen molar-refractivity contribution in [2.24, 2.45) is 0 Å². The van der Waals surface area contributed by atoms with E-state index in [1.807, 2.05) is 31.2 Å². The number of hydrogen-bond donors (Lipinski definition) is 2. The molecule has 0 radical (unpaired) electrons. The second-order valence-corrected chi connectivity index (χ2v) is 4.63. The zero-order valence-electron chi connectivity index (χ0n) is 10.4. The summed E-state index contributed by atoms with van der Waals surface area (Å²) in [5.41, 5.74) is 9.30. The lowest BCUT2D eigenvalue weighted by Gasteiger charge is -2.06. The molecule has 4 nitrogen and oxygen atoms in total. The smallest absolute Gasteiger partial charge is 0.153 e. The monoisotopic (exact) mass is 243 g/mol. The summed E-state index contributed by atoms with van der Waals surface area (Å²) in [6.07, 6.45) is 2.46. The number of ether oxygens (including phenoxy) is 1. The minimum atomic E-state index is 0.584. The van der Waals surface area contributed by atoms with E-state index in [0.717, 1.165) is 16.9 Å². The molecule has 0 atom stereocenters. The van der Waals surface area contributed by atoms with Gasteiger partial charge in [-0.25, -0.2) is 0 Å². The van der Waals surface area contributed by atoms with Gasteiger partial charge in [-0.15, -0.1) is 0 Å². The van der Waals surface area contributed by atoms with E-state index in [2.05, 4.69) is 10.2 Å². The Kier molecular flexibility index (Phi) is 2.70. The molecule has 0 spiro atoms. The second kappa shape index (κ2) is 4.37. The number of anilines is 1. The Balaban J connectivity index is 1.96. The van der Waals surface area contributed by atoms with Gasteiger partial charge in [0.2, 0.25) is 0 Å². The van der Waals surface area contributed by atoms with Crippen LogP contribution in [0.3, 0.4) is 0 Å². The predicted molar refractivity (Wildman–Crippen MR) is 71.6 cm³/mol. The maximum atomic E-state index is 5.96. The molecule has 0 amide bonds. The van der Waals surface area contributed by atoms with E-state index in [9.17, 15) is 0 Å². The van der Waals surface area contributed by atoms with E-state index in [1.54, 1.807) is 0 Å². The topological polar surface area (TPSA) is 63.9 Å². The molecule has 0 bridgehead atoms. The summed E-state index contributed by atoms with van der Waals surface area (Å²) in [6.45, 7) is 2.66. The molecule has 0 aliphatic heterocycles. The van der Waals surface area contributed by atoms with Crippen LogP contribution in [0, 0.1) is 0 Å². The van der Waals surface area contributed by atoms with Crippen molar-refractivity contribution in [3.8, 4) is 16.9 Å². The maximum Gasteiger partial charge on any atom is 0.153 e. The number of benzene rings is 1. The first kappa shape index (κ1) is 11.1. The lowest BCUT2D eigenvalue weighted by Crippen LogP contribution is -1.92. The fraction of sp³-hybridized carbons (Fsp3) is 0.357. The van der Waals surface area contributed by atoms with Gasteiger partial charge in [0.05, 0.1) is 6.61 Å². The van der Waals surface area contributed by atoms with Gasteiger partial charge in [0.15, 0.2) is 5.82 Å². The average molecular weight is 243 g/mol. The van der Waals surface area contributed by atoms with Crippen LogP contribution in [-0.4, -0.2) is 16.8 Å². The van der Waals surface area contributed by atoms with Crippen LogP contribution >= 0.6 is 0 Å². The Morgan fingerprint density at radius 3 is 2.67 bits per heavy atom. The highest BCUT2D eigenvalue weighted by Crippen LogP contribution is 2.45. The number of H-pyrrole nitrogens is 1. The van der Waals surface area contributed by atoms with E-state index >= 15 is 0 Å². The molecule has 18 heavy (non-hydrogen) atoms. The number of aromatic amines is 1. The van der Waals surface area contributed by atoms with Crippen LogP contribution in [0.1, 0.15) is 31.4 Å². The quantitative estimate of drug-likeness (QED) is 0.867. The Bertz CT molecular complexity index is 541. The summed E-state index contributed by atoms with van der Waals surface area (Å²) < 4.78 is 5.44. The molecule has 1 aliphatic carbocycles. The number of nitrogens with two attached hydrogens (primary N) is 1. The fourth-order valence-electron chi connectivity index (χ4n) is 2.23. The molecule has 94 valence electrons. The number of nitrogen functional groups attached to an aromatic ring is 1. The molecule has 1 aliphatic rings. The third-order valence-electron chi connectivity index (χ3n) is 3.26. The summed E-state index contributed by atoms with van der Waals surface area (Å²) in [5, 5.41) is 7.20. The first-order valence-corrected chi connectivity index (χ1v) is 6.36. The summed E-state index contributed by atoms with van der Waals surface area (Å²) >= 11 is 0. The maximum absolute atomic E-state index is 5.96. The Labute approximate surface area is 106 Å². The zero-order valence-corrected chi connectivity index (χ0v) is 10.4. The third-order valence-corrected chi connectivity index (χ3v) is 3.26. The average Bonchev–Trinajstić information content (AvgIpc) is 3.15. The molecule has 1 aromatic carbocycles. The van der Waals surface area contributed by atoms with Crippen molar-refractivity contribution in [3.05, 3.63) is 30.0 Å². The van der Waals surface area contributed by atoms with Crippen molar-refractivity contribution in [2.45, 2.75) is 25.7 Å². The molecule has 0 unspecified atom stereocenters. The van der Waals surface area contributed by atoms with Crippen molar-refractivity contribution in [2.75, 3.05) is 12.3 Å². The number of aromatic nitrogens is 2. The molecular weight excluding hydrogens is 226 g/mol. The number of hydrogen-bond acceptors (Lipinski definition) is 3. The van der Waals surface area contributed by atoms with E-state index in [-0.39, 0.29) is 0 Å². The number of nitrogens with one attached hydrogen (secondary N) is 1. The molecule has 1 heterocycles. The van der Waals surface area contributed by atoms with Crippen molar-refractivity contribution in [3.63, 3.8) is 0 Å². The van der Waals surface area contributed by atoms with Crippen molar-refractivity contribution in [1.82, 2.24) is 10.2 Å². The minimum absolute atomic E-state index is 0.584. The van der Waals surface area contributed by atoms with Crippen molar-refractivity contribution >= 4 is 5.82 Å². The molecule has 2 aromatic rings. The Hall–Kier alpha value is -1.97. The van der Waals surface area contributed by atoms with Crippen LogP contribution in [0.25, 0.3) is 11.1 Å². The van der Waals surface area contributed by atoms with Crippen LogP contribution in [0.15, 0.2) is 24.3 Å². The Morgan fingerprint density at radius 1 is 1.33 bits per heavy atom. The molecule has 1 saturated carbocycles. The highest BCUT2D eigenvalue weighted by atomic mass is 16.5. The van der Waals surface area contributed by atoms with Crippen LogP contribution in [-0.2, 0) is 0 Å². The third kappa shape index (κ3) is 1.94. The molecule has 3 rings (SSSR count). The number of rotatable bonds is 4. The van der Waals surface area contributed by atoms with Gasteiger partial charge < -0.3 is 10.5 Å². The molecular formula is C14H17N3O. The Morgan fingerprint density at radius 2 is 2.06 bits per heavy atom. The van der Waals surface area contributed by atoms with Gasteiger partial charge in [0, 0.05) is 17.2 Å². The highest BCUT2D eigenvalue weighted by Gasteiger charge is 2.29. The highest BCUT2D eigenvalue weighted by molar-refractivity contribution is 5.77. The van der Waals surface area contributed by atoms with E-state index in [4.69, 9.17) is 10.5 Å². The number of nitrogens with zero attached hydrogens (tertiary/aromatic N) is 1. The lowest BCUT2D eigenvalue weighted by molar-refractivity contribution is 0.340. The zero-order chi connectivity index (χ0) is 12.5. The fourth-order valence-corrected chi connectivity index (χ4v) is 2.23. The molecule has 1 fully saturated rings. The summed E-state index contributed by atoms with van der Waals surface area (Å²) in [6, 6.07) is 8.03. The van der Waals surface area contributed by atoms with Gasteiger partial charge in [-0.2, -0.15) is 5.10 Å². The molecule has 4 heteroatoms. The SMILES string of the molecule is CCOc1ccc(-c2c(N)n[nH]c2C2CC2)cc1. The van der Waals surface area contributed by atoms with Crippen LogP contribution in [0.2, 0.25) is 0 Å². The van der Waals surface area contributed by atoms with Gasteiger partial charge in [0.25, 0.3) is 0 Å². The molecule has 0 saturated heterocycles. The second-order valence-electron chi connectivity index (χ2n) is 4.63. The molecule has 1 aromatic heterocycles. The van der Waals surface area contributed by atoms with Crippen LogP contribution in [0.4, 0.5) is 5.82 Å². The first-order chi connectivity index (χ1) is 8.79. The van der Waals surface area contributed by atoms with Crippen LogP contribution < -0.4 is 10.5 Å². The predicted octanol–water partition coefficient (Wildman–Crippen LogP) is 2.94. The summed E-state index contributed by atoms with van der Waals surface area (Å²) in [5.74, 6) is 2.08. The van der Waals surface area contributed by atoms with Gasteiger partial charge in [-0.1, -0.05) is 12.1 Å². The largest absolute Gasteiger partial charge is 0.494 e. The van der Waals surface area contributed by atoms with Gasteiger partial charge in [0.1, 0.15) is 5.75 Å².